The SMILES string of the molecule is CCc1cc(-c2cc(Oc3cnc4c(c3)c(C)nn4C)cc3nccn23)ccc1C(N)O. The second kappa shape index (κ2) is 7.74. The van der Waals surface area contributed by atoms with Crippen LogP contribution < -0.4 is 10.5 Å². The fourth-order valence-corrected chi connectivity index (χ4v) is 4.12. The Hall–Kier alpha value is -3.75. The summed E-state index contributed by atoms with van der Waals surface area (Å²) in [7, 11) is 1.88. The highest BCUT2D eigenvalue weighted by molar-refractivity contribution is 5.79. The summed E-state index contributed by atoms with van der Waals surface area (Å²) in [6.07, 6.45) is 5.13. The van der Waals surface area contributed by atoms with E-state index < -0.39 is 6.23 Å². The summed E-state index contributed by atoms with van der Waals surface area (Å²) >= 11 is 0. The first-order valence-corrected chi connectivity index (χ1v) is 10.5. The molecule has 8 heteroatoms. The molecule has 0 aliphatic carbocycles. The summed E-state index contributed by atoms with van der Waals surface area (Å²) in [5, 5.41) is 15.2. The van der Waals surface area contributed by atoms with Gasteiger partial charge in [0.15, 0.2) is 5.65 Å². The van der Waals surface area contributed by atoms with Gasteiger partial charge in [-0.15, -0.1) is 0 Å². The van der Waals surface area contributed by atoms with Crippen molar-refractivity contribution in [3.05, 3.63) is 71.8 Å². The van der Waals surface area contributed by atoms with Gasteiger partial charge in [-0.25, -0.2) is 9.97 Å². The van der Waals surface area contributed by atoms with Gasteiger partial charge >= 0.3 is 0 Å². The minimum absolute atomic E-state index is 0.631. The molecule has 5 aromatic rings. The first kappa shape index (κ1) is 20.2. The van der Waals surface area contributed by atoms with E-state index in [1.165, 1.54) is 0 Å². The molecule has 0 saturated heterocycles. The highest BCUT2D eigenvalue weighted by Gasteiger charge is 2.14. The minimum Gasteiger partial charge on any atom is -0.456 e. The smallest absolute Gasteiger partial charge is 0.157 e. The maximum absolute atomic E-state index is 9.87. The van der Waals surface area contributed by atoms with Crippen LogP contribution in [0.2, 0.25) is 0 Å². The van der Waals surface area contributed by atoms with Gasteiger partial charge in [-0.2, -0.15) is 5.10 Å². The number of hydrogen-bond acceptors (Lipinski definition) is 6. The lowest BCUT2D eigenvalue weighted by Crippen LogP contribution is -2.11. The van der Waals surface area contributed by atoms with Crippen molar-refractivity contribution >= 4 is 16.7 Å². The lowest BCUT2D eigenvalue weighted by molar-refractivity contribution is 0.185. The summed E-state index contributed by atoms with van der Waals surface area (Å²) in [4.78, 5) is 8.96. The molecule has 1 atom stereocenters. The molecule has 0 amide bonds. The maximum Gasteiger partial charge on any atom is 0.157 e. The third-order valence-corrected chi connectivity index (χ3v) is 5.69. The molecule has 0 spiro atoms. The molecule has 1 aromatic carbocycles. The van der Waals surface area contributed by atoms with Crippen molar-refractivity contribution in [2.24, 2.45) is 12.8 Å². The average Bonchev–Trinajstić information content (AvgIpc) is 3.36. The van der Waals surface area contributed by atoms with E-state index in [-0.39, 0.29) is 0 Å². The highest BCUT2D eigenvalue weighted by Crippen LogP contribution is 2.32. The third-order valence-electron chi connectivity index (χ3n) is 5.69. The van der Waals surface area contributed by atoms with Gasteiger partial charge in [-0.1, -0.05) is 19.1 Å². The highest BCUT2D eigenvalue weighted by atomic mass is 16.5. The van der Waals surface area contributed by atoms with E-state index in [4.69, 9.17) is 10.5 Å². The average molecular weight is 428 g/mol. The predicted molar refractivity (Wildman–Crippen MR) is 122 cm³/mol. The van der Waals surface area contributed by atoms with Crippen molar-refractivity contribution in [3.8, 4) is 22.8 Å². The molecule has 4 heterocycles. The first-order chi connectivity index (χ1) is 15.4. The zero-order valence-electron chi connectivity index (χ0n) is 18.1. The molecule has 162 valence electrons. The fraction of sp³-hybridized carbons (Fsp3) is 0.208. The number of nitrogens with two attached hydrogens (primary N) is 1. The Balaban J connectivity index is 1.59. The van der Waals surface area contributed by atoms with E-state index in [0.717, 1.165) is 51.2 Å². The number of aryl methyl sites for hydroxylation is 3. The molecular formula is C24H24N6O2. The van der Waals surface area contributed by atoms with Gasteiger partial charge < -0.3 is 15.6 Å². The number of pyridine rings is 2. The van der Waals surface area contributed by atoms with Gasteiger partial charge in [-0.3, -0.25) is 9.08 Å². The first-order valence-electron chi connectivity index (χ1n) is 10.5. The van der Waals surface area contributed by atoms with Gasteiger partial charge in [-0.05, 0) is 42.2 Å². The van der Waals surface area contributed by atoms with Gasteiger partial charge in [0.2, 0.25) is 0 Å². The Morgan fingerprint density at radius 1 is 1.12 bits per heavy atom. The molecule has 0 aliphatic rings. The predicted octanol–water partition coefficient (Wildman–Crippen LogP) is 3.90. The lowest BCUT2D eigenvalue weighted by Gasteiger charge is -2.15. The van der Waals surface area contributed by atoms with E-state index in [0.29, 0.717) is 11.5 Å². The molecule has 0 aliphatic heterocycles. The normalized spacial score (nSPS) is 12.5. The van der Waals surface area contributed by atoms with Crippen molar-refractivity contribution in [1.29, 1.82) is 0 Å². The largest absolute Gasteiger partial charge is 0.456 e. The summed E-state index contributed by atoms with van der Waals surface area (Å²) in [6, 6.07) is 11.7. The van der Waals surface area contributed by atoms with Crippen LogP contribution in [-0.2, 0) is 13.5 Å². The van der Waals surface area contributed by atoms with E-state index in [9.17, 15) is 5.11 Å². The zero-order valence-corrected chi connectivity index (χ0v) is 18.1. The Morgan fingerprint density at radius 3 is 2.75 bits per heavy atom. The summed E-state index contributed by atoms with van der Waals surface area (Å²) in [5.74, 6) is 1.29. The maximum atomic E-state index is 9.87. The molecule has 0 fully saturated rings. The van der Waals surface area contributed by atoms with Crippen LogP contribution in [0.1, 0.15) is 30.0 Å². The molecule has 0 radical (unpaired) electrons. The molecular weight excluding hydrogens is 404 g/mol. The summed E-state index contributed by atoms with van der Waals surface area (Å²) in [6.45, 7) is 4.00. The van der Waals surface area contributed by atoms with Crippen molar-refractivity contribution in [2.75, 3.05) is 0 Å². The van der Waals surface area contributed by atoms with Crippen LogP contribution in [-0.4, -0.2) is 29.3 Å². The van der Waals surface area contributed by atoms with Crippen LogP contribution in [0.3, 0.4) is 0 Å². The second-order valence-electron chi connectivity index (χ2n) is 7.80. The van der Waals surface area contributed by atoms with Crippen LogP contribution >= 0.6 is 0 Å². The molecule has 1 unspecified atom stereocenters. The fourth-order valence-electron chi connectivity index (χ4n) is 4.12. The number of aromatic nitrogens is 5. The second-order valence-corrected chi connectivity index (χ2v) is 7.80. The van der Waals surface area contributed by atoms with Gasteiger partial charge in [0.25, 0.3) is 0 Å². The number of aliphatic hydroxyl groups is 1. The molecule has 8 nitrogen and oxygen atoms in total. The third kappa shape index (κ3) is 3.39. The van der Waals surface area contributed by atoms with Crippen LogP contribution in [0, 0.1) is 6.92 Å². The number of hydrogen-bond donors (Lipinski definition) is 2. The number of ether oxygens (including phenoxy) is 1. The molecule has 0 saturated carbocycles. The number of fused-ring (bicyclic) bond motifs is 2. The van der Waals surface area contributed by atoms with Gasteiger partial charge in [0.05, 0.1) is 17.6 Å². The summed E-state index contributed by atoms with van der Waals surface area (Å²) < 4.78 is 9.96. The zero-order chi connectivity index (χ0) is 22.4. The van der Waals surface area contributed by atoms with E-state index in [1.807, 2.05) is 61.8 Å². The van der Waals surface area contributed by atoms with Crippen LogP contribution in [0.5, 0.6) is 11.5 Å². The number of imidazole rings is 1. The number of rotatable bonds is 5. The number of nitrogens with zero attached hydrogens (tertiary/aromatic N) is 5. The minimum atomic E-state index is -1.000. The Morgan fingerprint density at radius 2 is 1.97 bits per heavy atom. The Kier molecular flexibility index (Phi) is 4.88. The quantitative estimate of drug-likeness (QED) is 0.412. The standard InChI is InChI=1S/C24H24N6O2/c1-4-15-9-16(5-6-19(15)23(25)31)21-11-17(12-22-26-7-8-30(21)22)32-18-10-20-14(2)28-29(3)24(20)27-13-18/h5-13,23,31H,4,25H2,1-3H3. The van der Waals surface area contributed by atoms with E-state index in [1.54, 1.807) is 17.1 Å². The number of aliphatic hydroxyl groups excluding tert-OH is 1. The molecule has 4 aromatic heterocycles. The van der Waals surface area contributed by atoms with Crippen LogP contribution in [0.4, 0.5) is 0 Å². The summed E-state index contributed by atoms with van der Waals surface area (Å²) in [5.41, 5.74) is 11.8. The monoisotopic (exact) mass is 428 g/mol. The van der Waals surface area contributed by atoms with Crippen molar-refractivity contribution in [2.45, 2.75) is 26.5 Å². The molecule has 5 rings (SSSR count). The van der Waals surface area contributed by atoms with Gasteiger partial charge in [0.1, 0.15) is 23.4 Å². The lowest BCUT2D eigenvalue weighted by atomic mass is 9.99. The Bertz CT molecular complexity index is 1450. The molecule has 3 N–H and O–H groups in total. The van der Waals surface area contributed by atoms with Crippen LogP contribution in [0.25, 0.3) is 27.9 Å². The van der Waals surface area contributed by atoms with E-state index >= 15 is 0 Å². The van der Waals surface area contributed by atoms with Crippen molar-refractivity contribution in [1.82, 2.24) is 24.1 Å². The van der Waals surface area contributed by atoms with Crippen molar-refractivity contribution < 1.29 is 9.84 Å². The molecule has 0 bridgehead atoms. The van der Waals surface area contributed by atoms with Crippen molar-refractivity contribution in [3.63, 3.8) is 0 Å². The Labute approximate surface area is 184 Å². The number of benzene rings is 1. The van der Waals surface area contributed by atoms with Crippen LogP contribution in [0.15, 0.2) is 55.0 Å². The van der Waals surface area contributed by atoms with E-state index in [2.05, 4.69) is 21.1 Å². The topological polar surface area (TPSA) is 103 Å². The molecule has 32 heavy (non-hydrogen) atoms. The van der Waals surface area contributed by atoms with Gasteiger partial charge in [0, 0.05) is 37.0 Å².